The van der Waals surface area contributed by atoms with Crippen molar-refractivity contribution in [1.82, 2.24) is 0 Å². The second kappa shape index (κ2) is 20.1. The molecule has 0 N–H and O–H groups in total. The molecule has 0 aliphatic carbocycles. The van der Waals surface area contributed by atoms with Crippen LogP contribution in [0.3, 0.4) is 0 Å². The van der Waals surface area contributed by atoms with Gasteiger partial charge >= 0.3 is 40.0 Å². The van der Waals surface area contributed by atoms with E-state index >= 15 is 0 Å². The van der Waals surface area contributed by atoms with Crippen molar-refractivity contribution in [2.75, 3.05) is 0 Å². The van der Waals surface area contributed by atoms with Gasteiger partial charge in [-0.15, -0.1) is 62.9 Å². The number of rotatable bonds is 0. The molecule has 52 heavy (non-hydrogen) atoms. The van der Waals surface area contributed by atoms with Gasteiger partial charge in [0.05, 0.1) is 0 Å². The number of fused-ring (bicyclic) bond motifs is 3. The zero-order valence-corrected chi connectivity index (χ0v) is 39.7. The molecule has 0 atom stereocenters. The van der Waals surface area contributed by atoms with Crippen LogP contribution in [-0.4, -0.2) is 4.26 Å². The molecule has 280 valence electrons. The molecule has 0 aromatic heterocycles. The maximum Gasteiger partial charge on any atom is -0.172 e. The van der Waals surface area contributed by atoms with E-state index in [2.05, 4.69) is 130 Å². The summed E-state index contributed by atoms with van der Waals surface area (Å²) in [5.74, 6) is 0. The van der Waals surface area contributed by atoms with Crippen molar-refractivity contribution in [3.63, 3.8) is 0 Å². The molecule has 5 heteroatoms. The van der Waals surface area contributed by atoms with E-state index < -0.39 is 18.6 Å². The molecule has 0 aliphatic heterocycles. The predicted molar refractivity (Wildman–Crippen MR) is 233 cm³/mol. The number of benzene rings is 4. The van der Waals surface area contributed by atoms with Gasteiger partial charge in [0.25, 0.3) is 0 Å². The first-order valence-electron chi connectivity index (χ1n) is 17.6. The SMILES string of the molecule is CC(C)(C)c1cc2[cH-]c3cc(C(C)(C)C)c(C(C)(C)C)cc3c2cc1C(C)(C)C.Clc1cc[c-]cc1.Clc1cc[c-]cc1.[CH2]=[Hf]([Cl])[Cl].c1cc[cH-]c1. The third-order valence-corrected chi connectivity index (χ3v) is 8.63. The molecular weight excluding hydrogens is 885 g/mol. The molecule has 0 spiro atoms. The summed E-state index contributed by atoms with van der Waals surface area (Å²) in [6.07, 6.45) is 0. The van der Waals surface area contributed by atoms with Crippen molar-refractivity contribution in [3.8, 4) is 0 Å². The minimum atomic E-state index is -1.96. The minimum Gasteiger partial charge on any atom is -0.214 e. The summed E-state index contributed by atoms with van der Waals surface area (Å²) >= 11 is 9.08. The van der Waals surface area contributed by atoms with Crippen LogP contribution in [0.25, 0.3) is 21.5 Å². The van der Waals surface area contributed by atoms with Crippen LogP contribution in [0.1, 0.15) is 105 Å². The average Bonchev–Trinajstić information content (AvgIpc) is 3.71. The van der Waals surface area contributed by atoms with Crippen molar-refractivity contribution in [3.05, 3.63) is 154 Å². The summed E-state index contributed by atoms with van der Waals surface area (Å²) in [5.41, 5.74) is 6.40. The Kier molecular flexibility index (Phi) is 17.8. The quantitative estimate of drug-likeness (QED) is 0.105. The van der Waals surface area contributed by atoms with Gasteiger partial charge in [0.2, 0.25) is 0 Å². The van der Waals surface area contributed by atoms with Crippen LogP contribution in [-0.2, 0) is 40.2 Å². The van der Waals surface area contributed by atoms with E-state index in [1.807, 2.05) is 30.3 Å². The molecule has 0 aliphatic rings. The summed E-state index contributed by atoms with van der Waals surface area (Å²) < 4.78 is 3.38. The monoisotopic (exact) mass is 940 g/mol. The smallest absolute Gasteiger partial charge is 0.172 e. The average molecular weight is 941 g/mol. The van der Waals surface area contributed by atoms with E-state index in [-0.39, 0.29) is 21.7 Å². The van der Waals surface area contributed by atoms with Crippen LogP contribution >= 0.6 is 40.4 Å². The van der Waals surface area contributed by atoms with Crippen molar-refractivity contribution < 1.29 is 18.6 Å². The second-order valence-electron chi connectivity index (χ2n) is 16.9. The molecular formula is C47H56Cl4Hf-4. The van der Waals surface area contributed by atoms with Gasteiger partial charge in [-0.2, -0.15) is 78.9 Å². The Balaban J connectivity index is 0.000000323. The van der Waals surface area contributed by atoms with E-state index in [1.165, 1.54) is 43.8 Å². The molecule has 6 aromatic carbocycles. The third kappa shape index (κ3) is 15.4. The molecule has 0 heterocycles. The van der Waals surface area contributed by atoms with Gasteiger partial charge in [-0.05, 0) is 21.7 Å². The fourth-order valence-electron chi connectivity index (χ4n) is 5.64. The van der Waals surface area contributed by atoms with Crippen LogP contribution in [0.4, 0.5) is 0 Å². The van der Waals surface area contributed by atoms with E-state index in [1.54, 1.807) is 48.5 Å². The summed E-state index contributed by atoms with van der Waals surface area (Å²) in [7, 11) is 10.3. The molecule has 0 saturated carbocycles. The Labute approximate surface area is 340 Å². The minimum absolute atomic E-state index is 0.124. The zero-order chi connectivity index (χ0) is 39.5. The first-order valence-corrected chi connectivity index (χ1v) is 29.8. The van der Waals surface area contributed by atoms with Crippen LogP contribution in [0, 0.1) is 12.1 Å². The molecule has 0 amide bonds. The first-order chi connectivity index (χ1) is 23.9. The van der Waals surface area contributed by atoms with Gasteiger partial charge in [0.15, 0.2) is 0 Å². The Hall–Kier alpha value is -2.00. The van der Waals surface area contributed by atoms with Gasteiger partial charge in [-0.25, -0.2) is 12.1 Å². The zero-order valence-electron chi connectivity index (χ0n) is 33.1. The van der Waals surface area contributed by atoms with Gasteiger partial charge in [-0.3, -0.25) is 0 Å². The van der Waals surface area contributed by atoms with E-state index in [0.29, 0.717) is 0 Å². The Bertz CT molecular complexity index is 1800. The molecule has 0 fully saturated rings. The second-order valence-corrected chi connectivity index (χ2v) is 29.2. The first kappa shape index (κ1) is 46.2. The van der Waals surface area contributed by atoms with Crippen molar-refractivity contribution in [1.29, 1.82) is 0 Å². The summed E-state index contributed by atoms with van der Waals surface area (Å²) in [6.45, 7) is 28.0. The van der Waals surface area contributed by atoms with Crippen LogP contribution in [0.2, 0.25) is 10.0 Å². The largest absolute Gasteiger partial charge is 0.214 e. The van der Waals surface area contributed by atoms with Gasteiger partial charge in [0, 0.05) is 0 Å². The number of halogens is 4. The van der Waals surface area contributed by atoms with Crippen molar-refractivity contribution in [2.24, 2.45) is 0 Å². The summed E-state index contributed by atoms with van der Waals surface area (Å²) in [5, 5.41) is 7.10. The normalized spacial score (nSPS) is 11.5. The third-order valence-electron chi connectivity index (χ3n) is 8.12. The van der Waals surface area contributed by atoms with E-state index in [4.69, 9.17) is 40.4 Å². The molecule has 0 unspecified atom stereocenters. The Morgan fingerprint density at radius 3 is 0.981 bits per heavy atom. The number of hydrogen-bond acceptors (Lipinski definition) is 0. The topological polar surface area (TPSA) is 0 Å². The van der Waals surface area contributed by atoms with Crippen LogP contribution in [0.15, 0.2) is 109 Å². The summed E-state index contributed by atoms with van der Waals surface area (Å²) in [6, 6.07) is 42.3. The van der Waals surface area contributed by atoms with Crippen LogP contribution < -0.4 is 0 Å². The van der Waals surface area contributed by atoms with Crippen LogP contribution in [0.5, 0.6) is 0 Å². The fourth-order valence-corrected chi connectivity index (χ4v) is 5.89. The maximum absolute atomic E-state index is 5.52. The summed E-state index contributed by atoms with van der Waals surface area (Å²) in [4.78, 5) is 0. The maximum atomic E-state index is 5.52. The van der Waals surface area contributed by atoms with Gasteiger partial charge in [-0.1, -0.05) is 128 Å². The molecule has 0 nitrogen and oxygen atoms in total. The molecule has 6 aromatic rings. The predicted octanol–water partition coefficient (Wildman–Crippen LogP) is 15.9. The molecule has 0 radical (unpaired) electrons. The standard InChI is InChI=1S/C29H41.2C6H4Cl.C5H5.CH2.2ClH.Hf/c1-26(2,3)22-14-18-13-19-15-23(27(4,5)6)25(29(10,11)12)17-21(19)20(18)16-24(22)28(7,8)9;2*7-6-4-2-1-3-5-6;1-2-4-5-3-1;;;;/h13-17H,1-12H3;2*2-5H;1-5H;1H2;2*1H;/q4*-1;;;;+2/p-2. The molecule has 6 rings (SSSR count). The van der Waals surface area contributed by atoms with Crippen molar-refractivity contribution in [2.45, 2.75) is 105 Å². The van der Waals surface area contributed by atoms with Gasteiger partial charge < -0.3 is 0 Å². The van der Waals surface area contributed by atoms with E-state index in [0.717, 1.165) is 10.0 Å². The van der Waals surface area contributed by atoms with Gasteiger partial charge in [0.1, 0.15) is 0 Å². The number of hydrogen-bond donors (Lipinski definition) is 0. The Morgan fingerprint density at radius 2 is 0.788 bits per heavy atom. The Morgan fingerprint density at radius 1 is 0.519 bits per heavy atom. The molecule has 0 saturated heterocycles. The molecule has 0 bridgehead atoms. The van der Waals surface area contributed by atoms with Crippen molar-refractivity contribution >= 4 is 66.2 Å². The van der Waals surface area contributed by atoms with E-state index in [9.17, 15) is 0 Å². The fraction of sp³-hybridized carbons (Fsp3) is 0.340.